The first-order valence-electron chi connectivity index (χ1n) is 9.00. The summed E-state index contributed by atoms with van der Waals surface area (Å²) in [6.45, 7) is 14.2. The highest BCUT2D eigenvalue weighted by Crippen LogP contribution is 2.51. The van der Waals surface area contributed by atoms with E-state index in [0.717, 1.165) is 45.3 Å². The molecule has 0 bridgehead atoms. The van der Waals surface area contributed by atoms with Crippen LogP contribution in [0.3, 0.4) is 0 Å². The van der Waals surface area contributed by atoms with Crippen molar-refractivity contribution in [2.75, 3.05) is 19.6 Å². The summed E-state index contributed by atoms with van der Waals surface area (Å²) in [5, 5.41) is 11.8. The number of carbonyl (C=O) groups excluding carboxylic acids is 1. The number of carbonyl (C=O) groups is 2. The van der Waals surface area contributed by atoms with E-state index in [1.54, 1.807) is 6.08 Å². The smallest absolute Gasteiger partial charge is 0.352 e. The Morgan fingerprint density at radius 2 is 1.80 bits per heavy atom. The minimum Gasteiger partial charge on any atom is -0.477 e. The minimum absolute atomic E-state index is 0.00353. The zero-order valence-corrected chi connectivity index (χ0v) is 15.6. The van der Waals surface area contributed by atoms with Crippen LogP contribution < -0.4 is 5.32 Å². The lowest BCUT2D eigenvalue weighted by atomic mass is 10.1. The van der Waals surface area contributed by atoms with Gasteiger partial charge in [-0.25, -0.2) is 4.79 Å². The topological polar surface area (TPSA) is 69.6 Å². The van der Waals surface area contributed by atoms with Crippen molar-refractivity contribution in [3.63, 3.8) is 0 Å². The Hall–Kier alpha value is -1.88. The molecule has 0 aromatic carbocycles. The van der Waals surface area contributed by atoms with Crippen molar-refractivity contribution in [2.24, 2.45) is 11.3 Å². The summed E-state index contributed by atoms with van der Waals surface area (Å²) in [7, 11) is 0. The summed E-state index contributed by atoms with van der Waals surface area (Å²) >= 11 is 0. The van der Waals surface area contributed by atoms with Gasteiger partial charge < -0.3 is 10.4 Å². The number of aliphatic carboxylic acids is 1. The molecule has 1 amide bonds. The predicted octanol–water partition coefficient (Wildman–Crippen LogP) is 3.35. The fourth-order valence-electron chi connectivity index (χ4n) is 2.85. The van der Waals surface area contributed by atoms with Crippen LogP contribution in [0, 0.1) is 11.3 Å². The summed E-state index contributed by atoms with van der Waals surface area (Å²) in [6.07, 6.45) is 9.82. The second kappa shape index (κ2) is 10.2. The average Bonchev–Trinajstić information content (AvgIpc) is 3.18. The molecular weight excluding hydrogens is 316 g/mol. The lowest BCUT2D eigenvalue weighted by Crippen LogP contribution is -2.29. The third-order valence-corrected chi connectivity index (χ3v) is 4.62. The number of unbranched alkanes of at least 4 members (excludes halogenated alkanes) is 3. The van der Waals surface area contributed by atoms with Crippen LogP contribution in [-0.2, 0) is 9.59 Å². The molecule has 0 radical (unpaired) electrons. The van der Waals surface area contributed by atoms with E-state index in [0.29, 0.717) is 6.42 Å². The molecule has 1 atom stereocenters. The van der Waals surface area contributed by atoms with Crippen molar-refractivity contribution in [1.29, 1.82) is 0 Å². The van der Waals surface area contributed by atoms with Crippen LogP contribution in [0.4, 0.5) is 0 Å². The van der Waals surface area contributed by atoms with Gasteiger partial charge in [-0.1, -0.05) is 38.5 Å². The summed E-state index contributed by atoms with van der Waals surface area (Å²) in [6, 6.07) is 0. The van der Waals surface area contributed by atoms with Crippen LogP contribution in [0.5, 0.6) is 0 Å². The molecule has 0 spiro atoms. The van der Waals surface area contributed by atoms with Gasteiger partial charge in [0.25, 0.3) is 0 Å². The number of rotatable bonds is 13. The normalized spacial score (nSPS) is 18.7. The van der Waals surface area contributed by atoms with E-state index in [9.17, 15) is 14.7 Å². The van der Waals surface area contributed by atoms with Crippen molar-refractivity contribution in [3.8, 4) is 0 Å². The Bertz CT molecular complexity index is 513. The van der Waals surface area contributed by atoms with Crippen LogP contribution in [-0.4, -0.2) is 41.5 Å². The van der Waals surface area contributed by atoms with Crippen molar-refractivity contribution >= 4 is 11.9 Å². The Kier molecular flexibility index (Phi) is 8.62. The fourth-order valence-corrected chi connectivity index (χ4v) is 2.85. The SMILES string of the molecule is C=CCN(CC=C)CCCCCC=C(NC(=O)C1CC1(C)C)C(=O)O. The third kappa shape index (κ3) is 7.69. The van der Waals surface area contributed by atoms with E-state index >= 15 is 0 Å². The van der Waals surface area contributed by atoms with Gasteiger partial charge in [-0.2, -0.15) is 0 Å². The number of nitrogens with one attached hydrogen (secondary N) is 1. The molecule has 1 saturated carbocycles. The standard InChI is InChI=1S/C20H32N2O3/c1-5-12-22(13-6-2)14-10-8-7-9-11-17(19(24)25)21-18(23)16-15-20(16,3)4/h5-6,11,16H,1-2,7-10,12-15H2,3-4H3,(H,21,23)(H,24,25). The number of carboxylic acid groups (broad SMARTS) is 1. The lowest BCUT2D eigenvalue weighted by Gasteiger charge is -2.18. The van der Waals surface area contributed by atoms with E-state index in [2.05, 4.69) is 23.4 Å². The van der Waals surface area contributed by atoms with E-state index in [4.69, 9.17) is 0 Å². The molecule has 5 nitrogen and oxygen atoms in total. The highest BCUT2D eigenvalue weighted by atomic mass is 16.4. The summed E-state index contributed by atoms with van der Waals surface area (Å²) in [5.41, 5.74) is 0.00355. The zero-order chi connectivity index (χ0) is 18.9. The van der Waals surface area contributed by atoms with Crippen LogP contribution in [0.1, 0.15) is 46.0 Å². The van der Waals surface area contributed by atoms with Crippen LogP contribution in [0.2, 0.25) is 0 Å². The molecule has 1 fully saturated rings. The third-order valence-electron chi connectivity index (χ3n) is 4.62. The van der Waals surface area contributed by atoms with Gasteiger partial charge in [0.15, 0.2) is 0 Å². The van der Waals surface area contributed by atoms with Crippen LogP contribution in [0.25, 0.3) is 0 Å². The lowest BCUT2D eigenvalue weighted by molar-refractivity contribution is -0.135. The molecule has 0 aromatic rings. The number of carboxylic acids is 1. The molecule has 140 valence electrons. The first-order chi connectivity index (χ1) is 11.8. The van der Waals surface area contributed by atoms with Crippen molar-refractivity contribution in [3.05, 3.63) is 37.1 Å². The molecule has 5 heteroatoms. The molecule has 0 saturated heterocycles. The summed E-state index contributed by atoms with van der Waals surface area (Å²) in [4.78, 5) is 25.6. The molecule has 1 unspecified atom stereocenters. The molecule has 25 heavy (non-hydrogen) atoms. The van der Waals surface area contributed by atoms with E-state index in [1.807, 2.05) is 26.0 Å². The maximum absolute atomic E-state index is 12.0. The first kappa shape index (κ1) is 21.2. The van der Waals surface area contributed by atoms with Gasteiger partial charge in [-0.3, -0.25) is 9.69 Å². The van der Waals surface area contributed by atoms with Crippen molar-refractivity contribution < 1.29 is 14.7 Å². The molecule has 2 N–H and O–H groups in total. The second-order valence-corrected chi connectivity index (χ2v) is 7.34. The summed E-state index contributed by atoms with van der Waals surface area (Å²) < 4.78 is 0. The number of hydrogen-bond donors (Lipinski definition) is 2. The van der Waals surface area contributed by atoms with Crippen molar-refractivity contribution in [2.45, 2.75) is 46.0 Å². The van der Waals surface area contributed by atoms with Gasteiger partial charge in [0.2, 0.25) is 5.91 Å². The Labute approximate surface area is 151 Å². The quantitative estimate of drug-likeness (QED) is 0.304. The molecule has 0 aromatic heterocycles. The van der Waals surface area contributed by atoms with Crippen LogP contribution in [0.15, 0.2) is 37.1 Å². The van der Waals surface area contributed by atoms with Gasteiger partial charge in [0.05, 0.1) is 0 Å². The Balaban J connectivity index is 2.31. The number of hydrogen-bond acceptors (Lipinski definition) is 3. The van der Waals surface area contributed by atoms with Gasteiger partial charge in [0.1, 0.15) is 5.70 Å². The van der Waals surface area contributed by atoms with Gasteiger partial charge >= 0.3 is 5.97 Å². The molecule has 1 aliphatic carbocycles. The highest BCUT2D eigenvalue weighted by molar-refractivity contribution is 5.94. The molecule has 0 heterocycles. The molecular formula is C20H32N2O3. The summed E-state index contributed by atoms with van der Waals surface area (Å²) in [5.74, 6) is -1.32. The largest absolute Gasteiger partial charge is 0.477 e. The Morgan fingerprint density at radius 1 is 1.20 bits per heavy atom. The number of allylic oxidation sites excluding steroid dienone is 1. The van der Waals surface area contributed by atoms with E-state index in [-0.39, 0.29) is 22.9 Å². The average molecular weight is 348 g/mol. The highest BCUT2D eigenvalue weighted by Gasteiger charge is 2.50. The zero-order valence-electron chi connectivity index (χ0n) is 15.6. The van der Waals surface area contributed by atoms with E-state index < -0.39 is 5.97 Å². The van der Waals surface area contributed by atoms with E-state index in [1.165, 1.54) is 0 Å². The molecule has 1 aliphatic rings. The molecule has 1 rings (SSSR count). The fraction of sp³-hybridized carbons (Fsp3) is 0.600. The monoisotopic (exact) mass is 348 g/mol. The van der Waals surface area contributed by atoms with Gasteiger partial charge in [-0.05, 0) is 37.6 Å². The van der Waals surface area contributed by atoms with Gasteiger partial charge in [0, 0.05) is 19.0 Å². The maximum Gasteiger partial charge on any atom is 0.352 e. The van der Waals surface area contributed by atoms with Gasteiger partial charge in [-0.15, -0.1) is 13.2 Å². The van der Waals surface area contributed by atoms with Crippen molar-refractivity contribution in [1.82, 2.24) is 10.2 Å². The maximum atomic E-state index is 12.0. The number of nitrogens with zero attached hydrogens (tertiary/aromatic N) is 1. The first-order valence-corrected chi connectivity index (χ1v) is 9.00. The minimum atomic E-state index is -1.07. The van der Waals surface area contributed by atoms with Crippen LogP contribution >= 0.6 is 0 Å². The Morgan fingerprint density at radius 3 is 2.28 bits per heavy atom. The molecule has 0 aliphatic heterocycles. The predicted molar refractivity (Wildman–Crippen MR) is 101 cm³/mol. The second-order valence-electron chi connectivity index (χ2n) is 7.34. The number of amides is 1.